The molecule has 2 aromatic heterocycles. The van der Waals surface area contributed by atoms with Crippen molar-refractivity contribution >= 4 is 11.0 Å². The molecule has 0 spiro atoms. The lowest BCUT2D eigenvalue weighted by Gasteiger charge is -2.16. The number of hydrogen-bond acceptors (Lipinski definition) is 3. The predicted molar refractivity (Wildman–Crippen MR) is 85.3 cm³/mol. The van der Waals surface area contributed by atoms with Gasteiger partial charge in [0.15, 0.2) is 0 Å². The maximum Gasteiger partial charge on any atom is 0.134 e. The van der Waals surface area contributed by atoms with Crippen LogP contribution in [-0.2, 0) is 0 Å². The van der Waals surface area contributed by atoms with Crippen LogP contribution in [0.1, 0.15) is 36.4 Å². The van der Waals surface area contributed by atoms with Crippen molar-refractivity contribution in [2.75, 3.05) is 6.54 Å². The van der Waals surface area contributed by atoms with Gasteiger partial charge in [-0.15, -0.1) is 0 Å². The van der Waals surface area contributed by atoms with E-state index in [2.05, 4.69) is 42.3 Å². The minimum atomic E-state index is -0.00255. The van der Waals surface area contributed by atoms with Crippen molar-refractivity contribution < 1.29 is 4.42 Å². The van der Waals surface area contributed by atoms with Crippen LogP contribution < -0.4 is 5.32 Å². The molecule has 1 aromatic carbocycles. The van der Waals surface area contributed by atoms with E-state index in [9.17, 15) is 0 Å². The van der Waals surface area contributed by atoms with Gasteiger partial charge in [-0.1, -0.05) is 25.1 Å². The average Bonchev–Trinajstić information content (AvgIpc) is 2.91. The van der Waals surface area contributed by atoms with Gasteiger partial charge in [-0.05, 0) is 49.7 Å². The highest BCUT2D eigenvalue weighted by Crippen LogP contribution is 2.27. The second-order valence-corrected chi connectivity index (χ2v) is 5.33. The van der Waals surface area contributed by atoms with E-state index < -0.39 is 0 Å². The number of nitrogens with zero attached hydrogens (tertiary/aromatic N) is 1. The minimum Gasteiger partial charge on any atom is -0.459 e. The van der Waals surface area contributed by atoms with Gasteiger partial charge in [0.25, 0.3) is 0 Å². The summed E-state index contributed by atoms with van der Waals surface area (Å²) in [5.74, 6) is 0.919. The highest BCUT2D eigenvalue weighted by molar-refractivity contribution is 5.77. The summed E-state index contributed by atoms with van der Waals surface area (Å²) >= 11 is 0. The van der Waals surface area contributed by atoms with Crippen molar-refractivity contribution in [3.63, 3.8) is 0 Å². The molecule has 0 aliphatic carbocycles. The summed E-state index contributed by atoms with van der Waals surface area (Å²) in [5, 5.41) is 4.66. The number of pyridine rings is 1. The molecule has 1 N–H and O–H groups in total. The van der Waals surface area contributed by atoms with Crippen LogP contribution in [0, 0.1) is 6.92 Å². The van der Waals surface area contributed by atoms with Crippen LogP contribution in [0.5, 0.6) is 0 Å². The van der Waals surface area contributed by atoms with Gasteiger partial charge in [0.05, 0.1) is 5.69 Å². The van der Waals surface area contributed by atoms with Crippen molar-refractivity contribution in [2.24, 2.45) is 0 Å². The van der Waals surface area contributed by atoms with Gasteiger partial charge in [-0.25, -0.2) is 0 Å². The van der Waals surface area contributed by atoms with Gasteiger partial charge in [-0.3, -0.25) is 4.98 Å². The maximum absolute atomic E-state index is 6.02. The lowest BCUT2D eigenvalue weighted by molar-refractivity contribution is 0.463. The number of para-hydroxylation sites is 1. The zero-order valence-corrected chi connectivity index (χ0v) is 12.5. The predicted octanol–water partition coefficient (Wildman–Crippen LogP) is 4.23. The second kappa shape index (κ2) is 6.10. The Hall–Kier alpha value is -2.13. The number of benzene rings is 1. The average molecular weight is 280 g/mol. The molecule has 3 rings (SSSR count). The highest BCUT2D eigenvalue weighted by Gasteiger charge is 2.19. The van der Waals surface area contributed by atoms with Gasteiger partial charge >= 0.3 is 0 Å². The first-order valence-electron chi connectivity index (χ1n) is 7.42. The monoisotopic (exact) mass is 280 g/mol. The van der Waals surface area contributed by atoms with Crippen LogP contribution in [-0.4, -0.2) is 11.5 Å². The molecule has 0 aliphatic heterocycles. The summed E-state index contributed by atoms with van der Waals surface area (Å²) in [6, 6.07) is 14.3. The first-order chi connectivity index (χ1) is 10.3. The fraction of sp³-hybridized carbons (Fsp3) is 0.278. The van der Waals surface area contributed by atoms with Crippen molar-refractivity contribution in [1.82, 2.24) is 10.3 Å². The lowest BCUT2D eigenvalue weighted by atomic mass is 10.1. The van der Waals surface area contributed by atoms with Crippen LogP contribution in [0.15, 0.2) is 53.1 Å². The smallest absolute Gasteiger partial charge is 0.134 e. The van der Waals surface area contributed by atoms with Crippen LogP contribution in [0.2, 0.25) is 0 Å². The van der Waals surface area contributed by atoms with E-state index >= 15 is 0 Å². The van der Waals surface area contributed by atoms with Crippen LogP contribution >= 0.6 is 0 Å². The van der Waals surface area contributed by atoms with E-state index in [4.69, 9.17) is 4.42 Å². The Morgan fingerprint density at radius 3 is 2.81 bits per heavy atom. The summed E-state index contributed by atoms with van der Waals surface area (Å²) in [5.41, 5.74) is 3.13. The van der Waals surface area contributed by atoms with E-state index in [1.807, 2.05) is 30.5 Å². The molecule has 1 unspecified atom stereocenters. The molecule has 0 amide bonds. The Labute approximate surface area is 125 Å². The minimum absolute atomic E-state index is 0.00255. The molecule has 108 valence electrons. The van der Waals surface area contributed by atoms with Crippen LogP contribution in [0.4, 0.5) is 0 Å². The Bertz CT molecular complexity index is 700. The normalized spacial score (nSPS) is 12.7. The van der Waals surface area contributed by atoms with Gasteiger partial charge in [0.1, 0.15) is 17.4 Å². The molecule has 0 saturated heterocycles. The molecule has 3 nitrogen and oxygen atoms in total. The number of rotatable bonds is 5. The lowest BCUT2D eigenvalue weighted by Crippen LogP contribution is -2.23. The number of aryl methyl sites for hydroxylation is 1. The third kappa shape index (κ3) is 2.98. The third-order valence-corrected chi connectivity index (χ3v) is 3.56. The molecule has 0 fully saturated rings. The molecule has 1 atom stereocenters. The standard InChI is InChI=1S/C18H20N2O/c1-3-9-20-18(15-11-13(2)8-10-19-15)17-12-14-6-4-5-7-16(14)21-17/h4-8,10-12,18,20H,3,9H2,1-2H3. The molecular weight excluding hydrogens is 260 g/mol. The number of nitrogens with one attached hydrogen (secondary N) is 1. The Morgan fingerprint density at radius 2 is 2.05 bits per heavy atom. The fourth-order valence-corrected chi connectivity index (χ4v) is 2.50. The second-order valence-electron chi connectivity index (χ2n) is 5.33. The Balaban J connectivity index is 2.02. The summed E-state index contributed by atoms with van der Waals surface area (Å²) in [6.07, 6.45) is 2.93. The summed E-state index contributed by atoms with van der Waals surface area (Å²) in [4.78, 5) is 4.52. The van der Waals surface area contributed by atoms with E-state index in [-0.39, 0.29) is 6.04 Å². The molecule has 0 saturated carbocycles. The zero-order valence-electron chi connectivity index (χ0n) is 12.5. The molecule has 3 heteroatoms. The number of hydrogen-bond donors (Lipinski definition) is 1. The number of aromatic nitrogens is 1. The quantitative estimate of drug-likeness (QED) is 0.760. The summed E-state index contributed by atoms with van der Waals surface area (Å²) < 4.78 is 6.02. The van der Waals surface area contributed by atoms with Crippen molar-refractivity contribution in [3.05, 3.63) is 65.7 Å². The van der Waals surface area contributed by atoms with Gasteiger partial charge in [0, 0.05) is 11.6 Å². The molecule has 3 aromatic rings. The number of furan rings is 1. The maximum atomic E-state index is 6.02. The van der Waals surface area contributed by atoms with E-state index in [0.29, 0.717) is 0 Å². The SMILES string of the molecule is CCCNC(c1cc(C)ccn1)c1cc2ccccc2o1. The molecular formula is C18H20N2O. The molecule has 0 radical (unpaired) electrons. The summed E-state index contributed by atoms with van der Waals surface area (Å²) in [6.45, 7) is 5.17. The third-order valence-electron chi connectivity index (χ3n) is 3.56. The van der Waals surface area contributed by atoms with Crippen molar-refractivity contribution in [1.29, 1.82) is 0 Å². The highest BCUT2D eigenvalue weighted by atomic mass is 16.3. The zero-order chi connectivity index (χ0) is 14.7. The first kappa shape index (κ1) is 13.8. The summed E-state index contributed by atoms with van der Waals surface area (Å²) in [7, 11) is 0. The Morgan fingerprint density at radius 1 is 1.19 bits per heavy atom. The molecule has 2 heterocycles. The molecule has 0 aliphatic rings. The topological polar surface area (TPSA) is 38.1 Å². The largest absolute Gasteiger partial charge is 0.459 e. The first-order valence-corrected chi connectivity index (χ1v) is 7.42. The van der Waals surface area contributed by atoms with Crippen molar-refractivity contribution in [2.45, 2.75) is 26.3 Å². The number of fused-ring (bicyclic) bond motifs is 1. The Kier molecular flexibility index (Phi) is 4.02. The van der Waals surface area contributed by atoms with E-state index in [0.717, 1.165) is 35.4 Å². The van der Waals surface area contributed by atoms with Crippen LogP contribution in [0.3, 0.4) is 0 Å². The van der Waals surface area contributed by atoms with Gasteiger partial charge < -0.3 is 9.73 Å². The molecule has 21 heavy (non-hydrogen) atoms. The molecule has 0 bridgehead atoms. The van der Waals surface area contributed by atoms with Gasteiger partial charge in [-0.2, -0.15) is 0 Å². The van der Waals surface area contributed by atoms with Gasteiger partial charge in [0.2, 0.25) is 0 Å². The van der Waals surface area contributed by atoms with Crippen LogP contribution in [0.25, 0.3) is 11.0 Å². The fourth-order valence-electron chi connectivity index (χ4n) is 2.50. The van der Waals surface area contributed by atoms with E-state index in [1.54, 1.807) is 0 Å². The van der Waals surface area contributed by atoms with E-state index in [1.165, 1.54) is 5.56 Å². The van der Waals surface area contributed by atoms with Crippen molar-refractivity contribution in [3.8, 4) is 0 Å².